The molecule has 2 saturated heterocycles. The van der Waals surface area contributed by atoms with Crippen LogP contribution in [0.4, 0.5) is 0 Å². The Morgan fingerprint density at radius 3 is 2.85 bits per heavy atom. The molecule has 1 atom stereocenters. The molecule has 0 radical (unpaired) electrons. The maximum atomic E-state index is 13.2. The van der Waals surface area contributed by atoms with Crippen LogP contribution >= 0.6 is 0 Å². The highest BCUT2D eigenvalue weighted by atomic mass is 16.2. The first-order valence-corrected chi connectivity index (χ1v) is 9.18. The molecular formula is C20H24N4O2. The van der Waals surface area contributed by atoms with Crippen LogP contribution < -0.4 is 0 Å². The highest BCUT2D eigenvalue weighted by molar-refractivity contribution is 5.94. The molecule has 0 bridgehead atoms. The van der Waals surface area contributed by atoms with Gasteiger partial charge in [0.05, 0.1) is 5.41 Å². The number of carbonyl (C=O) groups excluding carboxylic acids is 2. The molecule has 0 unspecified atom stereocenters. The van der Waals surface area contributed by atoms with E-state index < -0.39 is 5.41 Å². The summed E-state index contributed by atoms with van der Waals surface area (Å²) in [6, 6.07) is 7.61. The lowest BCUT2D eigenvalue weighted by Gasteiger charge is -2.39. The molecule has 136 valence electrons. The predicted molar refractivity (Wildman–Crippen MR) is 97.3 cm³/mol. The van der Waals surface area contributed by atoms with Crippen molar-refractivity contribution in [3.05, 3.63) is 54.1 Å². The van der Waals surface area contributed by atoms with Gasteiger partial charge in [-0.1, -0.05) is 6.07 Å². The molecule has 6 nitrogen and oxygen atoms in total. The molecule has 26 heavy (non-hydrogen) atoms. The van der Waals surface area contributed by atoms with Gasteiger partial charge in [0.25, 0.3) is 5.91 Å². The summed E-state index contributed by atoms with van der Waals surface area (Å²) in [4.78, 5) is 34.0. The van der Waals surface area contributed by atoms with Crippen LogP contribution in [0.25, 0.3) is 0 Å². The Balaban J connectivity index is 1.49. The van der Waals surface area contributed by atoms with Crippen molar-refractivity contribution in [2.24, 2.45) is 12.5 Å². The summed E-state index contributed by atoms with van der Waals surface area (Å²) in [7, 11) is 1.88. The van der Waals surface area contributed by atoms with Crippen LogP contribution in [0, 0.1) is 5.41 Å². The molecule has 0 aromatic carbocycles. The third-order valence-electron chi connectivity index (χ3n) is 5.72. The van der Waals surface area contributed by atoms with Crippen molar-refractivity contribution in [3.8, 4) is 0 Å². The summed E-state index contributed by atoms with van der Waals surface area (Å²) >= 11 is 0. The number of hydrogen-bond donors (Lipinski definition) is 0. The maximum Gasteiger partial charge on any atom is 0.270 e. The molecule has 0 N–H and O–H groups in total. The molecule has 0 aliphatic carbocycles. The van der Waals surface area contributed by atoms with E-state index in [1.54, 1.807) is 6.20 Å². The molecule has 2 amide bonds. The summed E-state index contributed by atoms with van der Waals surface area (Å²) in [5.74, 6) is 0.209. The standard InChI is InChI=1S/C20H24N4O2/c1-22-10-3-6-17(22)18(25)24-11-4-7-20(15-24)8-12-23(19(20)26)14-16-5-2-9-21-13-16/h2-3,5-6,9-10,13H,4,7-8,11-12,14-15H2,1H3/t20-/m0/s1. The zero-order valence-electron chi connectivity index (χ0n) is 15.1. The smallest absolute Gasteiger partial charge is 0.270 e. The number of carbonyl (C=O) groups is 2. The molecule has 2 fully saturated rings. The van der Waals surface area contributed by atoms with Gasteiger partial charge in [0.2, 0.25) is 5.91 Å². The molecule has 4 rings (SSSR count). The van der Waals surface area contributed by atoms with Crippen molar-refractivity contribution < 1.29 is 9.59 Å². The molecular weight excluding hydrogens is 328 g/mol. The van der Waals surface area contributed by atoms with E-state index in [-0.39, 0.29) is 11.8 Å². The Hall–Kier alpha value is -2.63. The molecule has 2 aromatic heterocycles. The Bertz CT molecular complexity index is 816. The molecule has 2 aliphatic heterocycles. The van der Waals surface area contributed by atoms with Crippen LogP contribution in [-0.2, 0) is 18.4 Å². The first kappa shape index (κ1) is 16.8. The number of likely N-dealkylation sites (tertiary alicyclic amines) is 2. The minimum absolute atomic E-state index is 0.0232. The topological polar surface area (TPSA) is 58.4 Å². The number of amides is 2. The van der Waals surface area contributed by atoms with E-state index in [0.717, 1.165) is 37.9 Å². The zero-order valence-corrected chi connectivity index (χ0v) is 15.1. The number of pyridine rings is 1. The second-order valence-corrected chi connectivity index (χ2v) is 7.45. The predicted octanol–water partition coefficient (Wildman–Crippen LogP) is 2.08. The molecule has 2 aliphatic rings. The van der Waals surface area contributed by atoms with Crippen LogP contribution in [-0.4, -0.2) is 50.8 Å². The average molecular weight is 352 g/mol. The highest BCUT2D eigenvalue weighted by Gasteiger charge is 2.49. The maximum absolute atomic E-state index is 13.2. The van der Waals surface area contributed by atoms with Crippen molar-refractivity contribution in [2.75, 3.05) is 19.6 Å². The van der Waals surface area contributed by atoms with Gasteiger partial charge in [0, 0.05) is 51.8 Å². The van der Waals surface area contributed by atoms with E-state index >= 15 is 0 Å². The first-order chi connectivity index (χ1) is 12.6. The molecule has 1 spiro atoms. The molecule has 2 aromatic rings. The molecule has 6 heteroatoms. The summed E-state index contributed by atoms with van der Waals surface area (Å²) in [6.07, 6.45) is 8.00. The van der Waals surface area contributed by atoms with Gasteiger partial charge in [-0.15, -0.1) is 0 Å². The van der Waals surface area contributed by atoms with Gasteiger partial charge < -0.3 is 14.4 Å². The first-order valence-electron chi connectivity index (χ1n) is 9.18. The van der Waals surface area contributed by atoms with Gasteiger partial charge in [-0.05, 0) is 43.0 Å². The number of aromatic nitrogens is 2. The van der Waals surface area contributed by atoms with E-state index in [9.17, 15) is 9.59 Å². The normalized spacial score (nSPS) is 23.0. The minimum Gasteiger partial charge on any atom is -0.347 e. The fourth-order valence-electron chi connectivity index (χ4n) is 4.28. The average Bonchev–Trinajstić information content (AvgIpc) is 3.21. The third kappa shape index (κ3) is 2.89. The van der Waals surface area contributed by atoms with Crippen LogP contribution in [0.3, 0.4) is 0 Å². The molecule has 0 saturated carbocycles. The van der Waals surface area contributed by atoms with Crippen LogP contribution in [0.5, 0.6) is 0 Å². The number of rotatable bonds is 3. The summed E-state index contributed by atoms with van der Waals surface area (Å²) in [5.41, 5.74) is 1.31. The van der Waals surface area contributed by atoms with Crippen molar-refractivity contribution in [1.29, 1.82) is 0 Å². The Morgan fingerprint density at radius 2 is 2.12 bits per heavy atom. The van der Waals surface area contributed by atoms with E-state index in [4.69, 9.17) is 0 Å². The van der Waals surface area contributed by atoms with Crippen LogP contribution in [0.15, 0.2) is 42.9 Å². The van der Waals surface area contributed by atoms with E-state index in [1.165, 1.54) is 0 Å². The van der Waals surface area contributed by atoms with Crippen molar-refractivity contribution in [2.45, 2.75) is 25.8 Å². The van der Waals surface area contributed by atoms with E-state index in [2.05, 4.69) is 4.98 Å². The van der Waals surface area contributed by atoms with Gasteiger partial charge >= 0.3 is 0 Å². The lowest BCUT2D eigenvalue weighted by Crippen LogP contribution is -2.50. The summed E-state index contributed by atoms with van der Waals surface area (Å²) in [6.45, 7) is 2.60. The minimum atomic E-state index is -0.415. The van der Waals surface area contributed by atoms with E-state index in [0.29, 0.717) is 18.8 Å². The highest BCUT2D eigenvalue weighted by Crippen LogP contribution is 2.41. The number of aryl methyl sites for hydroxylation is 1. The number of hydrogen-bond acceptors (Lipinski definition) is 3. The van der Waals surface area contributed by atoms with Gasteiger partial charge in [-0.2, -0.15) is 0 Å². The lowest BCUT2D eigenvalue weighted by molar-refractivity contribution is -0.138. The number of piperidine rings is 1. The monoisotopic (exact) mass is 352 g/mol. The third-order valence-corrected chi connectivity index (χ3v) is 5.72. The van der Waals surface area contributed by atoms with Crippen molar-refractivity contribution >= 4 is 11.8 Å². The molecule has 4 heterocycles. The van der Waals surface area contributed by atoms with Gasteiger partial charge in [-0.3, -0.25) is 14.6 Å². The Morgan fingerprint density at radius 1 is 1.23 bits per heavy atom. The van der Waals surface area contributed by atoms with Crippen LogP contribution in [0.2, 0.25) is 0 Å². The van der Waals surface area contributed by atoms with E-state index in [1.807, 2.05) is 58.1 Å². The Kier molecular flexibility index (Phi) is 4.26. The lowest BCUT2D eigenvalue weighted by atomic mass is 9.78. The van der Waals surface area contributed by atoms with Gasteiger partial charge in [-0.25, -0.2) is 0 Å². The van der Waals surface area contributed by atoms with Crippen LogP contribution in [0.1, 0.15) is 35.3 Å². The second kappa shape index (κ2) is 6.59. The zero-order chi connectivity index (χ0) is 18.1. The fraction of sp³-hybridized carbons (Fsp3) is 0.450. The van der Waals surface area contributed by atoms with Gasteiger partial charge in [0.1, 0.15) is 5.69 Å². The largest absolute Gasteiger partial charge is 0.347 e. The van der Waals surface area contributed by atoms with Crippen molar-refractivity contribution in [3.63, 3.8) is 0 Å². The van der Waals surface area contributed by atoms with Gasteiger partial charge in [0.15, 0.2) is 0 Å². The summed E-state index contributed by atoms with van der Waals surface area (Å²) < 4.78 is 1.84. The SMILES string of the molecule is Cn1cccc1C(=O)N1CCC[C@]2(CCN(Cc3cccnc3)C2=O)C1. The fourth-order valence-corrected chi connectivity index (χ4v) is 4.28. The number of nitrogens with zero attached hydrogens (tertiary/aromatic N) is 4. The quantitative estimate of drug-likeness (QED) is 0.850. The Labute approximate surface area is 153 Å². The van der Waals surface area contributed by atoms with Crippen molar-refractivity contribution in [1.82, 2.24) is 19.4 Å². The summed E-state index contributed by atoms with van der Waals surface area (Å²) in [5, 5.41) is 0. The second-order valence-electron chi connectivity index (χ2n) is 7.45.